The van der Waals surface area contributed by atoms with Crippen molar-refractivity contribution in [2.45, 2.75) is 58.0 Å². The third-order valence-electron chi connectivity index (χ3n) is 4.64. The monoisotopic (exact) mass is 362 g/mol. The quantitative estimate of drug-likeness (QED) is 0.829. The molecule has 1 aliphatic rings. The molecule has 2 aromatic rings. The number of benzene rings is 1. The predicted molar refractivity (Wildman–Crippen MR) is 96.6 cm³/mol. The van der Waals surface area contributed by atoms with Gasteiger partial charge in [-0.2, -0.15) is 5.10 Å². The van der Waals surface area contributed by atoms with Crippen molar-refractivity contribution in [1.82, 2.24) is 9.78 Å². The Morgan fingerprint density at radius 1 is 1.38 bits per heavy atom. The molecule has 0 bridgehead atoms. The minimum Gasteiger partial charge on any atom is -0.327 e. The van der Waals surface area contributed by atoms with Gasteiger partial charge in [-0.25, -0.2) is 8.78 Å². The maximum Gasteiger partial charge on any atom is 0.276 e. The fraction of sp³-hybridized carbons (Fsp3) is 0.474. The van der Waals surface area contributed by atoms with Gasteiger partial charge in [0.2, 0.25) is 0 Å². The molecule has 1 heterocycles. The number of nitrogens with zero attached hydrogens (tertiary/aromatic N) is 2. The molecule has 1 aliphatic carbocycles. The van der Waals surface area contributed by atoms with Crippen molar-refractivity contribution in [2.24, 2.45) is 5.73 Å². The third-order valence-corrected chi connectivity index (χ3v) is 4.64. The summed E-state index contributed by atoms with van der Waals surface area (Å²) in [6.07, 6.45) is 1.57. The van der Waals surface area contributed by atoms with Crippen molar-refractivity contribution in [3.05, 3.63) is 46.8 Å². The van der Waals surface area contributed by atoms with Gasteiger partial charge in [-0.05, 0) is 55.0 Å². The van der Waals surface area contributed by atoms with Crippen molar-refractivity contribution in [3.8, 4) is 0 Å². The standard InChI is InChI=1S/C19H24F2N4O/c1-2-3-16-10-17(24-25(16)11-18(20)21)19(26)23-15-7-5-12-8-14(22)6-4-13(12)9-15/h5,7,9-10,14,18H,2-4,6,8,11,22H2,1H3,(H,23,26)/t14-/m1/s1. The van der Waals surface area contributed by atoms with Gasteiger partial charge in [0.25, 0.3) is 12.3 Å². The van der Waals surface area contributed by atoms with Gasteiger partial charge in [0.1, 0.15) is 6.54 Å². The summed E-state index contributed by atoms with van der Waals surface area (Å²) >= 11 is 0. The number of anilines is 1. The number of alkyl halides is 2. The Morgan fingerprint density at radius 3 is 2.92 bits per heavy atom. The van der Waals surface area contributed by atoms with Crippen LogP contribution in [0.15, 0.2) is 24.3 Å². The number of hydrogen-bond acceptors (Lipinski definition) is 3. The van der Waals surface area contributed by atoms with Crippen LogP contribution in [0.4, 0.5) is 14.5 Å². The number of amides is 1. The number of aryl methyl sites for hydroxylation is 2. The zero-order valence-electron chi connectivity index (χ0n) is 14.8. The number of halogens is 2. The molecule has 1 amide bonds. The van der Waals surface area contributed by atoms with Crippen LogP contribution in [-0.2, 0) is 25.8 Å². The summed E-state index contributed by atoms with van der Waals surface area (Å²) in [6, 6.07) is 7.58. The lowest BCUT2D eigenvalue weighted by Crippen LogP contribution is -2.27. The predicted octanol–water partition coefficient (Wildman–Crippen LogP) is 3.17. The van der Waals surface area contributed by atoms with Crippen molar-refractivity contribution < 1.29 is 13.6 Å². The van der Waals surface area contributed by atoms with Crippen molar-refractivity contribution in [3.63, 3.8) is 0 Å². The molecule has 5 nitrogen and oxygen atoms in total. The van der Waals surface area contributed by atoms with Crippen molar-refractivity contribution in [2.75, 3.05) is 5.32 Å². The van der Waals surface area contributed by atoms with E-state index in [0.29, 0.717) is 17.8 Å². The normalized spacial score (nSPS) is 16.6. The number of carbonyl (C=O) groups is 1. The Balaban J connectivity index is 1.75. The molecule has 0 saturated heterocycles. The van der Waals surface area contributed by atoms with Crippen LogP contribution in [0.25, 0.3) is 0 Å². The largest absolute Gasteiger partial charge is 0.327 e. The second-order valence-electron chi connectivity index (χ2n) is 6.78. The average molecular weight is 362 g/mol. The first kappa shape index (κ1) is 18.5. The highest BCUT2D eigenvalue weighted by molar-refractivity contribution is 6.03. The molecular formula is C19H24F2N4O. The topological polar surface area (TPSA) is 72.9 Å². The Labute approximate surface area is 151 Å². The van der Waals surface area contributed by atoms with Crippen LogP contribution in [0.1, 0.15) is 47.1 Å². The van der Waals surface area contributed by atoms with Crippen molar-refractivity contribution >= 4 is 11.6 Å². The molecule has 1 atom stereocenters. The molecule has 0 aliphatic heterocycles. The molecule has 7 heteroatoms. The lowest BCUT2D eigenvalue weighted by Gasteiger charge is -2.22. The highest BCUT2D eigenvalue weighted by Gasteiger charge is 2.19. The first-order valence-corrected chi connectivity index (χ1v) is 9.00. The molecule has 1 aromatic carbocycles. The van der Waals surface area contributed by atoms with Crippen LogP contribution >= 0.6 is 0 Å². The zero-order chi connectivity index (χ0) is 18.7. The summed E-state index contributed by atoms with van der Waals surface area (Å²) in [5.74, 6) is -0.386. The van der Waals surface area contributed by atoms with E-state index in [4.69, 9.17) is 5.73 Å². The minimum absolute atomic E-state index is 0.161. The van der Waals surface area contributed by atoms with Crippen LogP contribution in [0, 0.1) is 0 Å². The third kappa shape index (κ3) is 4.27. The average Bonchev–Trinajstić information content (AvgIpc) is 2.97. The first-order valence-electron chi connectivity index (χ1n) is 9.00. The summed E-state index contributed by atoms with van der Waals surface area (Å²) < 4.78 is 26.7. The van der Waals surface area contributed by atoms with E-state index < -0.39 is 13.0 Å². The molecule has 0 saturated carbocycles. The van der Waals surface area contributed by atoms with E-state index in [-0.39, 0.29) is 17.6 Å². The number of hydrogen-bond donors (Lipinski definition) is 2. The van der Waals surface area contributed by atoms with Crippen molar-refractivity contribution in [1.29, 1.82) is 0 Å². The lowest BCUT2D eigenvalue weighted by atomic mass is 9.88. The summed E-state index contributed by atoms with van der Waals surface area (Å²) in [7, 11) is 0. The van der Waals surface area contributed by atoms with Gasteiger partial charge in [0.15, 0.2) is 5.69 Å². The number of rotatable bonds is 6. The second-order valence-corrected chi connectivity index (χ2v) is 6.78. The zero-order valence-corrected chi connectivity index (χ0v) is 14.8. The van der Waals surface area contributed by atoms with Crippen LogP contribution in [0.2, 0.25) is 0 Å². The summed E-state index contributed by atoms with van der Waals surface area (Å²) in [5, 5.41) is 6.89. The molecule has 1 aromatic heterocycles. The smallest absolute Gasteiger partial charge is 0.276 e. The summed E-state index contributed by atoms with van der Waals surface area (Å²) in [4.78, 5) is 12.5. The SMILES string of the molecule is CCCc1cc(C(=O)Nc2ccc3c(c2)CC[C@@H](N)C3)nn1CC(F)F. The van der Waals surface area contributed by atoms with Gasteiger partial charge in [0, 0.05) is 17.4 Å². The van der Waals surface area contributed by atoms with Gasteiger partial charge in [-0.3, -0.25) is 9.48 Å². The number of carbonyl (C=O) groups excluding carboxylic acids is 1. The fourth-order valence-corrected chi connectivity index (χ4v) is 3.37. The molecule has 140 valence electrons. The van der Waals surface area contributed by atoms with Gasteiger partial charge in [-0.15, -0.1) is 0 Å². The van der Waals surface area contributed by atoms with E-state index >= 15 is 0 Å². The number of nitrogens with one attached hydrogen (secondary N) is 1. The Bertz CT molecular complexity index is 788. The first-order chi connectivity index (χ1) is 12.5. The van der Waals surface area contributed by atoms with Gasteiger partial charge in [-0.1, -0.05) is 19.4 Å². The summed E-state index contributed by atoms with van der Waals surface area (Å²) in [6.45, 7) is 1.46. The Kier molecular flexibility index (Phi) is 5.66. The van der Waals surface area contributed by atoms with E-state index in [1.165, 1.54) is 15.8 Å². The van der Waals surface area contributed by atoms with Gasteiger partial charge < -0.3 is 11.1 Å². The highest BCUT2D eigenvalue weighted by atomic mass is 19.3. The maximum atomic E-state index is 12.7. The van der Waals surface area contributed by atoms with E-state index in [9.17, 15) is 13.6 Å². The Hall–Kier alpha value is -2.28. The fourth-order valence-electron chi connectivity index (χ4n) is 3.37. The lowest BCUT2D eigenvalue weighted by molar-refractivity contribution is 0.101. The molecule has 26 heavy (non-hydrogen) atoms. The Morgan fingerprint density at radius 2 is 2.19 bits per heavy atom. The van der Waals surface area contributed by atoms with Crippen LogP contribution in [0.5, 0.6) is 0 Å². The van der Waals surface area contributed by atoms with Gasteiger partial charge >= 0.3 is 0 Å². The molecule has 3 rings (SSSR count). The van der Waals surface area contributed by atoms with Crippen LogP contribution < -0.4 is 11.1 Å². The second kappa shape index (κ2) is 7.95. The summed E-state index contributed by atoms with van der Waals surface area (Å²) in [5.41, 5.74) is 9.89. The molecule has 3 N–H and O–H groups in total. The molecule has 0 radical (unpaired) electrons. The van der Waals surface area contributed by atoms with Gasteiger partial charge in [0.05, 0.1) is 0 Å². The molecule has 0 spiro atoms. The molecular weight excluding hydrogens is 338 g/mol. The number of aromatic nitrogens is 2. The van der Waals surface area contributed by atoms with Crippen LogP contribution in [0.3, 0.4) is 0 Å². The minimum atomic E-state index is -2.51. The van der Waals surface area contributed by atoms with Crippen LogP contribution in [-0.4, -0.2) is 28.2 Å². The van der Waals surface area contributed by atoms with E-state index in [1.807, 2.05) is 25.1 Å². The molecule has 0 unspecified atom stereocenters. The van der Waals surface area contributed by atoms with E-state index in [2.05, 4.69) is 10.4 Å². The molecule has 0 fully saturated rings. The highest BCUT2D eigenvalue weighted by Crippen LogP contribution is 2.24. The number of nitrogens with two attached hydrogens (primary N) is 1. The van der Waals surface area contributed by atoms with E-state index in [0.717, 1.165) is 25.7 Å². The number of fused-ring (bicyclic) bond motifs is 1. The van der Waals surface area contributed by atoms with E-state index in [1.54, 1.807) is 6.07 Å². The maximum absolute atomic E-state index is 12.7.